The van der Waals surface area contributed by atoms with Crippen molar-refractivity contribution in [3.63, 3.8) is 0 Å². The highest BCUT2D eigenvalue weighted by molar-refractivity contribution is 5.91. The van der Waals surface area contributed by atoms with Crippen LogP contribution in [-0.2, 0) is 11.2 Å². The van der Waals surface area contributed by atoms with Crippen LogP contribution in [0.5, 0.6) is 0 Å². The van der Waals surface area contributed by atoms with Crippen LogP contribution in [0, 0.1) is 12.3 Å². The first-order valence-electron chi connectivity index (χ1n) is 5.23. The van der Waals surface area contributed by atoms with Gasteiger partial charge in [0, 0.05) is 0 Å². The van der Waals surface area contributed by atoms with Gasteiger partial charge in [-0.15, -0.1) is 6.42 Å². The van der Waals surface area contributed by atoms with Gasteiger partial charge in [0.1, 0.15) is 0 Å². The number of terminal acetylenes is 1. The summed E-state index contributed by atoms with van der Waals surface area (Å²) < 4.78 is 4.72. The highest BCUT2D eigenvalue weighted by atomic mass is 16.5. The fourth-order valence-corrected chi connectivity index (χ4v) is 1.39. The highest BCUT2D eigenvalue weighted by Crippen LogP contribution is 2.11. The molecule has 0 N–H and O–H groups in total. The minimum absolute atomic E-state index is 0.312. The lowest BCUT2D eigenvalue weighted by Gasteiger charge is -2.04. The zero-order chi connectivity index (χ0) is 12.5. The first-order valence-corrected chi connectivity index (χ1v) is 5.23. The number of allylic oxidation sites excluding steroid dienone is 4. The molecule has 2 heteroatoms. The van der Waals surface area contributed by atoms with E-state index in [0.29, 0.717) is 12.0 Å². The van der Waals surface area contributed by atoms with Gasteiger partial charge in [-0.2, -0.15) is 0 Å². The molecule has 0 atom stereocenters. The maximum Gasteiger partial charge on any atom is 0.338 e. The van der Waals surface area contributed by atoms with Gasteiger partial charge in [0.05, 0.1) is 12.7 Å². The molecule has 0 bridgehead atoms. The van der Waals surface area contributed by atoms with Crippen LogP contribution in [-0.4, -0.2) is 13.1 Å². The molecule has 0 amide bonds. The first-order chi connectivity index (χ1) is 8.29. The van der Waals surface area contributed by atoms with Crippen molar-refractivity contribution in [2.45, 2.75) is 6.42 Å². The zero-order valence-electron chi connectivity index (χ0n) is 9.72. The number of hydrogen-bond donors (Lipinski definition) is 0. The molecule has 0 unspecified atom stereocenters. The standard InChI is InChI=1S/C15H14O2/c1-3-4-5-6-7-10-13-11-8-9-12-14(13)15(16)17-2/h1,4-9,11-12H,10H2,2H3/b5-4-,7-6-. The molecule has 1 rings (SSSR count). The van der Waals surface area contributed by atoms with E-state index in [0.717, 1.165) is 5.56 Å². The van der Waals surface area contributed by atoms with Gasteiger partial charge in [-0.1, -0.05) is 42.3 Å². The van der Waals surface area contributed by atoms with Crippen LogP contribution < -0.4 is 0 Å². The lowest BCUT2D eigenvalue weighted by atomic mass is 10.0. The topological polar surface area (TPSA) is 26.3 Å². The Morgan fingerprint density at radius 2 is 2.18 bits per heavy atom. The second kappa shape index (κ2) is 7.08. The minimum atomic E-state index is -0.312. The average molecular weight is 226 g/mol. The molecule has 17 heavy (non-hydrogen) atoms. The van der Waals surface area contributed by atoms with E-state index in [2.05, 4.69) is 5.92 Å². The molecule has 0 heterocycles. The lowest BCUT2D eigenvalue weighted by Crippen LogP contribution is -2.04. The highest BCUT2D eigenvalue weighted by Gasteiger charge is 2.08. The van der Waals surface area contributed by atoms with Gasteiger partial charge < -0.3 is 4.74 Å². The summed E-state index contributed by atoms with van der Waals surface area (Å²) in [5.74, 6) is 2.09. The summed E-state index contributed by atoms with van der Waals surface area (Å²) in [6, 6.07) is 7.37. The molecule has 0 fully saturated rings. The normalized spacial score (nSPS) is 10.6. The van der Waals surface area contributed by atoms with Crippen LogP contribution in [0.4, 0.5) is 0 Å². The molecule has 0 aliphatic carbocycles. The third kappa shape index (κ3) is 4.00. The van der Waals surface area contributed by atoms with Crippen molar-refractivity contribution >= 4 is 5.97 Å². The maximum absolute atomic E-state index is 11.5. The Balaban J connectivity index is 2.78. The number of ether oxygens (including phenoxy) is 1. The second-order valence-electron chi connectivity index (χ2n) is 3.31. The van der Waals surface area contributed by atoms with Crippen molar-refractivity contribution in [3.05, 3.63) is 59.7 Å². The number of methoxy groups -OCH3 is 1. The maximum atomic E-state index is 11.5. The van der Waals surface area contributed by atoms with Crippen molar-refractivity contribution in [2.75, 3.05) is 7.11 Å². The first kappa shape index (κ1) is 12.8. The molecular weight excluding hydrogens is 212 g/mol. The summed E-state index contributed by atoms with van der Waals surface area (Å²) in [6.45, 7) is 0. The monoisotopic (exact) mass is 226 g/mol. The second-order valence-corrected chi connectivity index (χ2v) is 3.31. The van der Waals surface area contributed by atoms with Crippen LogP contribution in [0.1, 0.15) is 15.9 Å². The average Bonchev–Trinajstić information content (AvgIpc) is 2.38. The SMILES string of the molecule is C#C/C=C\C=C/Cc1ccccc1C(=O)OC. The summed E-state index contributed by atoms with van der Waals surface area (Å²) in [4.78, 5) is 11.5. The fraction of sp³-hybridized carbons (Fsp3) is 0.133. The van der Waals surface area contributed by atoms with Crippen LogP contribution >= 0.6 is 0 Å². The van der Waals surface area contributed by atoms with E-state index in [9.17, 15) is 4.79 Å². The summed E-state index contributed by atoms with van der Waals surface area (Å²) in [6.07, 6.45) is 12.9. The molecule has 86 valence electrons. The molecule has 0 radical (unpaired) electrons. The Hall–Kier alpha value is -2.27. The summed E-state index contributed by atoms with van der Waals surface area (Å²) in [5, 5.41) is 0. The van der Waals surface area contributed by atoms with Gasteiger partial charge in [-0.25, -0.2) is 4.79 Å². The molecule has 0 aliphatic heterocycles. The number of hydrogen-bond acceptors (Lipinski definition) is 2. The Bertz CT molecular complexity index is 476. The zero-order valence-corrected chi connectivity index (χ0v) is 9.72. The Morgan fingerprint density at radius 1 is 1.41 bits per heavy atom. The van der Waals surface area contributed by atoms with E-state index in [1.54, 1.807) is 18.2 Å². The number of rotatable bonds is 4. The predicted octanol–water partition coefficient (Wildman–Crippen LogP) is 2.76. The summed E-state index contributed by atoms with van der Waals surface area (Å²) >= 11 is 0. The molecular formula is C15H14O2. The van der Waals surface area contributed by atoms with E-state index in [1.165, 1.54) is 7.11 Å². The van der Waals surface area contributed by atoms with Gasteiger partial charge in [0.25, 0.3) is 0 Å². The third-order valence-corrected chi connectivity index (χ3v) is 2.20. The van der Waals surface area contributed by atoms with Crippen LogP contribution in [0.15, 0.2) is 48.6 Å². The van der Waals surface area contributed by atoms with Crippen molar-refractivity contribution in [1.29, 1.82) is 0 Å². The third-order valence-electron chi connectivity index (χ3n) is 2.20. The smallest absolute Gasteiger partial charge is 0.338 e. The number of benzene rings is 1. The minimum Gasteiger partial charge on any atom is -0.465 e. The Kier molecular flexibility index (Phi) is 5.33. The molecule has 0 aliphatic rings. The molecule has 0 spiro atoms. The molecule has 0 saturated heterocycles. The van der Waals surface area contributed by atoms with Crippen LogP contribution in [0.3, 0.4) is 0 Å². The van der Waals surface area contributed by atoms with E-state index in [4.69, 9.17) is 11.2 Å². The van der Waals surface area contributed by atoms with Crippen molar-refractivity contribution in [3.8, 4) is 12.3 Å². The van der Waals surface area contributed by atoms with E-state index < -0.39 is 0 Å². The fourth-order valence-electron chi connectivity index (χ4n) is 1.39. The Morgan fingerprint density at radius 3 is 2.88 bits per heavy atom. The molecule has 0 aromatic heterocycles. The lowest BCUT2D eigenvalue weighted by molar-refractivity contribution is 0.0599. The van der Waals surface area contributed by atoms with Crippen molar-refractivity contribution < 1.29 is 9.53 Å². The summed E-state index contributed by atoms with van der Waals surface area (Å²) in [5.41, 5.74) is 1.53. The van der Waals surface area contributed by atoms with Crippen LogP contribution in [0.25, 0.3) is 0 Å². The number of carbonyl (C=O) groups excluding carboxylic acids is 1. The van der Waals surface area contributed by atoms with Gasteiger partial charge >= 0.3 is 5.97 Å². The Labute approximate surface area is 102 Å². The largest absolute Gasteiger partial charge is 0.465 e. The number of carbonyl (C=O) groups is 1. The van der Waals surface area contributed by atoms with E-state index >= 15 is 0 Å². The van der Waals surface area contributed by atoms with Gasteiger partial charge in [-0.05, 0) is 24.1 Å². The van der Waals surface area contributed by atoms with Crippen LogP contribution in [0.2, 0.25) is 0 Å². The molecule has 2 nitrogen and oxygen atoms in total. The van der Waals surface area contributed by atoms with Crippen molar-refractivity contribution in [2.24, 2.45) is 0 Å². The summed E-state index contributed by atoms with van der Waals surface area (Å²) in [7, 11) is 1.38. The quantitative estimate of drug-likeness (QED) is 0.448. The van der Waals surface area contributed by atoms with Gasteiger partial charge in [-0.3, -0.25) is 0 Å². The molecule has 0 saturated carbocycles. The van der Waals surface area contributed by atoms with Gasteiger partial charge in [0.15, 0.2) is 0 Å². The molecule has 1 aromatic carbocycles. The molecule has 1 aromatic rings. The van der Waals surface area contributed by atoms with Gasteiger partial charge in [0.2, 0.25) is 0 Å². The van der Waals surface area contributed by atoms with Crippen molar-refractivity contribution in [1.82, 2.24) is 0 Å². The number of esters is 1. The predicted molar refractivity (Wildman–Crippen MR) is 68.6 cm³/mol. The van der Waals surface area contributed by atoms with E-state index in [-0.39, 0.29) is 5.97 Å². The van der Waals surface area contributed by atoms with E-state index in [1.807, 2.05) is 30.4 Å².